The lowest BCUT2D eigenvalue weighted by Gasteiger charge is -1.88. The molecule has 0 aliphatic rings. The minimum absolute atomic E-state index is 0.794. The van der Waals surface area contributed by atoms with E-state index < -0.39 is 0 Å². The van der Waals surface area contributed by atoms with Gasteiger partial charge in [0.2, 0.25) is 0 Å². The summed E-state index contributed by atoms with van der Waals surface area (Å²) in [4.78, 5) is 0. The molecule has 48 valence electrons. The van der Waals surface area contributed by atoms with Crippen LogP contribution in [0.5, 0.6) is 0 Å². The Hall–Kier alpha value is -1.11. The number of allylic oxidation sites excluding steroid dienone is 4. The Balaban J connectivity index is 4.24. The third-order valence-corrected chi connectivity index (χ3v) is 0.815. The van der Waals surface area contributed by atoms with Crippen LogP contribution >= 0.6 is 0 Å². The van der Waals surface area contributed by atoms with Crippen molar-refractivity contribution in [2.75, 3.05) is 0 Å². The second kappa shape index (κ2) is 3.84. The van der Waals surface area contributed by atoms with Crippen LogP contribution in [0.15, 0.2) is 36.5 Å². The maximum absolute atomic E-state index is 6.85. The zero-order chi connectivity index (χ0) is 7.28. The molecule has 0 atom stereocenters. The van der Waals surface area contributed by atoms with Gasteiger partial charge >= 0.3 is 0 Å². The van der Waals surface area contributed by atoms with Crippen molar-refractivity contribution in [3.05, 3.63) is 36.5 Å². The Morgan fingerprint density at radius 2 is 2.11 bits per heavy atom. The van der Waals surface area contributed by atoms with E-state index in [0.717, 1.165) is 11.1 Å². The molecule has 9 heavy (non-hydrogen) atoms. The van der Waals surface area contributed by atoms with Crippen LogP contribution < -0.4 is 0 Å². The first-order valence-corrected chi connectivity index (χ1v) is 2.71. The third kappa shape index (κ3) is 3.47. The first-order valence-electron chi connectivity index (χ1n) is 2.71. The van der Waals surface area contributed by atoms with E-state index in [9.17, 15) is 0 Å². The van der Waals surface area contributed by atoms with Crippen molar-refractivity contribution >= 4 is 6.21 Å². The normalized spacial score (nSPS) is 10.6. The molecule has 0 rings (SSSR count). The molecular weight excluding hydrogens is 110 g/mol. The number of hydrogen-bond acceptors (Lipinski definition) is 1. The van der Waals surface area contributed by atoms with E-state index in [0.29, 0.717) is 0 Å². The molecule has 0 aromatic rings. The molecule has 0 aromatic carbocycles. The summed E-state index contributed by atoms with van der Waals surface area (Å²) < 4.78 is 0. The monoisotopic (exact) mass is 121 g/mol. The molecule has 0 saturated carbocycles. The van der Waals surface area contributed by atoms with Gasteiger partial charge in [-0.15, -0.1) is 0 Å². The van der Waals surface area contributed by atoms with Gasteiger partial charge in [0, 0.05) is 6.21 Å². The van der Waals surface area contributed by atoms with E-state index in [4.69, 9.17) is 5.41 Å². The lowest BCUT2D eigenvalue weighted by atomic mass is 10.2. The fraction of sp³-hybridized carbons (Fsp3) is 0.125. The Labute approximate surface area is 55.9 Å². The molecule has 0 amide bonds. The van der Waals surface area contributed by atoms with Gasteiger partial charge in [0.25, 0.3) is 0 Å². The summed E-state index contributed by atoms with van der Waals surface area (Å²) in [6.07, 6.45) is 4.68. The zero-order valence-corrected chi connectivity index (χ0v) is 5.65. The topological polar surface area (TPSA) is 23.9 Å². The van der Waals surface area contributed by atoms with Crippen molar-refractivity contribution < 1.29 is 0 Å². The van der Waals surface area contributed by atoms with Crippen LogP contribution in [0.2, 0.25) is 0 Å². The van der Waals surface area contributed by atoms with Crippen LogP contribution in [-0.4, -0.2) is 6.21 Å². The molecule has 1 nitrogen and oxygen atoms in total. The predicted molar refractivity (Wildman–Crippen MR) is 41.9 cm³/mol. The Kier molecular flexibility index (Phi) is 3.37. The van der Waals surface area contributed by atoms with Crippen molar-refractivity contribution in [2.24, 2.45) is 0 Å². The van der Waals surface area contributed by atoms with Crippen LogP contribution in [0.25, 0.3) is 0 Å². The lowest BCUT2D eigenvalue weighted by molar-refractivity contribution is 1.51. The van der Waals surface area contributed by atoms with E-state index in [-0.39, 0.29) is 0 Å². The van der Waals surface area contributed by atoms with E-state index in [2.05, 4.69) is 13.2 Å². The zero-order valence-electron chi connectivity index (χ0n) is 5.65. The molecule has 0 fully saturated rings. The highest BCUT2D eigenvalue weighted by Crippen LogP contribution is 1.96. The molecule has 1 heteroatoms. The van der Waals surface area contributed by atoms with Crippen molar-refractivity contribution in [3.63, 3.8) is 0 Å². The van der Waals surface area contributed by atoms with Gasteiger partial charge < -0.3 is 5.41 Å². The molecule has 0 unspecified atom stereocenters. The highest BCUT2D eigenvalue weighted by Gasteiger charge is 1.81. The quantitative estimate of drug-likeness (QED) is 0.437. The fourth-order valence-corrected chi connectivity index (χ4v) is 0.444. The Bertz CT molecular complexity index is 153. The molecular formula is C8H11N. The van der Waals surface area contributed by atoms with Crippen molar-refractivity contribution in [1.82, 2.24) is 0 Å². The second-order valence-electron chi connectivity index (χ2n) is 1.84. The second-order valence-corrected chi connectivity index (χ2v) is 1.84. The average molecular weight is 121 g/mol. The summed E-state index contributed by atoms with van der Waals surface area (Å²) in [5.74, 6) is 0. The molecule has 0 aliphatic carbocycles. The van der Waals surface area contributed by atoms with Gasteiger partial charge in [-0.2, -0.15) is 0 Å². The maximum Gasteiger partial charge on any atom is 0.0250 e. The molecule has 0 bridgehead atoms. The highest BCUT2D eigenvalue weighted by molar-refractivity contribution is 5.80. The Morgan fingerprint density at radius 3 is 2.22 bits per heavy atom. The number of hydrogen-bond donors (Lipinski definition) is 1. The smallest absolute Gasteiger partial charge is 0.0250 e. The van der Waals surface area contributed by atoms with E-state index in [1.165, 1.54) is 6.21 Å². The minimum atomic E-state index is 0.794. The summed E-state index contributed by atoms with van der Waals surface area (Å²) in [7, 11) is 0. The van der Waals surface area contributed by atoms with Gasteiger partial charge in [0.15, 0.2) is 0 Å². The van der Waals surface area contributed by atoms with Crippen LogP contribution in [0.3, 0.4) is 0 Å². The molecule has 1 N–H and O–H groups in total. The highest BCUT2D eigenvalue weighted by atomic mass is 14.3. The number of rotatable bonds is 3. The standard InChI is InChI=1S/C8H11N/c1-4-8(6-9)5-7(2)3/h4-6,9H,1-2H2,3H3/b8-5-,9-6?. The first kappa shape index (κ1) is 7.89. The summed E-state index contributed by atoms with van der Waals surface area (Å²) in [6, 6.07) is 0. The van der Waals surface area contributed by atoms with Gasteiger partial charge in [-0.3, -0.25) is 0 Å². The van der Waals surface area contributed by atoms with Gasteiger partial charge in [-0.05, 0) is 12.5 Å². The van der Waals surface area contributed by atoms with Gasteiger partial charge in [-0.1, -0.05) is 30.9 Å². The maximum atomic E-state index is 6.85. The lowest BCUT2D eigenvalue weighted by Crippen LogP contribution is -1.76. The van der Waals surface area contributed by atoms with Crippen molar-refractivity contribution in [2.45, 2.75) is 6.92 Å². The Morgan fingerprint density at radius 1 is 1.56 bits per heavy atom. The van der Waals surface area contributed by atoms with Crippen molar-refractivity contribution in [3.8, 4) is 0 Å². The summed E-state index contributed by atoms with van der Waals surface area (Å²) in [6.45, 7) is 9.07. The number of nitrogens with one attached hydrogen (secondary N) is 1. The van der Waals surface area contributed by atoms with Crippen LogP contribution in [0.4, 0.5) is 0 Å². The van der Waals surface area contributed by atoms with Crippen LogP contribution in [-0.2, 0) is 0 Å². The van der Waals surface area contributed by atoms with Crippen LogP contribution in [0.1, 0.15) is 6.92 Å². The van der Waals surface area contributed by atoms with E-state index in [1.54, 1.807) is 12.2 Å². The molecule has 0 heterocycles. The third-order valence-electron chi connectivity index (χ3n) is 0.815. The van der Waals surface area contributed by atoms with E-state index in [1.807, 2.05) is 6.92 Å². The fourth-order valence-electron chi connectivity index (χ4n) is 0.444. The van der Waals surface area contributed by atoms with Gasteiger partial charge in [0.1, 0.15) is 0 Å². The minimum Gasteiger partial charge on any atom is -0.308 e. The molecule has 0 saturated heterocycles. The average Bonchev–Trinajstić information content (AvgIpc) is 1.82. The summed E-state index contributed by atoms with van der Waals surface area (Å²) in [5, 5.41) is 6.85. The van der Waals surface area contributed by atoms with E-state index >= 15 is 0 Å². The van der Waals surface area contributed by atoms with Crippen LogP contribution in [0, 0.1) is 5.41 Å². The molecule has 0 aliphatic heterocycles. The molecule has 0 spiro atoms. The summed E-state index contributed by atoms with van der Waals surface area (Å²) in [5.41, 5.74) is 1.73. The predicted octanol–water partition coefficient (Wildman–Crippen LogP) is 2.32. The molecule has 0 radical (unpaired) electrons. The SMILES string of the molecule is C=C/C(C=N)=C/C(=C)C. The summed E-state index contributed by atoms with van der Waals surface area (Å²) >= 11 is 0. The van der Waals surface area contributed by atoms with Gasteiger partial charge in [-0.25, -0.2) is 0 Å². The molecule has 0 aromatic heterocycles. The largest absolute Gasteiger partial charge is 0.308 e. The van der Waals surface area contributed by atoms with Gasteiger partial charge in [0.05, 0.1) is 0 Å². The first-order chi connectivity index (χ1) is 4.20. The van der Waals surface area contributed by atoms with Crippen molar-refractivity contribution in [1.29, 1.82) is 5.41 Å².